The van der Waals surface area contributed by atoms with E-state index in [0.717, 1.165) is 6.42 Å². The summed E-state index contributed by atoms with van der Waals surface area (Å²) in [5, 5.41) is 33.7. The summed E-state index contributed by atoms with van der Waals surface area (Å²) in [5.74, 6) is -1.13. The SMILES string of the molecule is C/C=C(/C)C(=O)O[C@H]1C(C)=C[C@]23C(=O)[C@@H](C=C(CO)[C@@H](O)[C@]12O)[C@H]1[C@@H](CC3C)C1(C)C. The number of ketones is 1. The number of carbonyl (C=O) groups is 2. The molecule has 2 fully saturated rings. The van der Waals surface area contributed by atoms with E-state index in [0.29, 0.717) is 17.1 Å². The average Bonchev–Trinajstić information content (AvgIpc) is 3.21. The summed E-state index contributed by atoms with van der Waals surface area (Å²) in [6.07, 6.45) is 3.04. The number of aliphatic hydroxyl groups is 3. The number of carbonyl (C=O) groups excluding carboxylic acids is 2. The van der Waals surface area contributed by atoms with E-state index in [4.69, 9.17) is 4.74 Å². The van der Waals surface area contributed by atoms with Crippen molar-refractivity contribution >= 4 is 11.8 Å². The van der Waals surface area contributed by atoms with Crippen LogP contribution in [0.2, 0.25) is 0 Å². The number of aliphatic hydroxyl groups excluding tert-OH is 2. The highest BCUT2D eigenvalue weighted by atomic mass is 16.6. The van der Waals surface area contributed by atoms with E-state index in [9.17, 15) is 24.9 Å². The van der Waals surface area contributed by atoms with Crippen molar-refractivity contribution in [2.24, 2.45) is 34.5 Å². The number of rotatable bonds is 3. The molecule has 8 atom stereocenters. The average molecular weight is 431 g/mol. The van der Waals surface area contributed by atoms with Crippen LogP contribution in [-0.2, 0) is 14.3 Å². The molecular weight excluding hydrogens is 396 g/mol. The van der Waals surface area contributed by atoms with Crippen LogP contribution in [0.3, 0.4) is 0 Å². The summed E-state index contributed by atoms with van der Waals surface area (Å²) in [4.78, 5) is 26.8. The molecule has 6 nitrogen and oxygen atoms in total. The Bertz CT molecular complexity index is 926. The highest BCUT2D eigenvalue weighted by Gasteiger charge is 2.76. The Labute approximate surface area is 183 Å². The maximum atomic E-state index is 14.2. The number of esters is 1. The Morgan fingerprint density at radius 2 is 2.00 bits per heavy atom. The molecule has 0 heterocycles. The first-order valence-electron chi connectivity index (χ1n) is 11.2. The molecule has 1 spiro atoms. The monoisotopic (exact) mass is 430 g/mol. The van der Waals surface area contributed by atoms with E-state index in [1.54, 1.807) is 39.0 Å². The zero-order chi connectivity index (χ0) is 23.1. The van der Waals surface area contributed by atoms with E-state index < -0.39 is 41.7 Å². The third-order valence-electron chi connectivity index (χ3n) is 8.88. The van der Waals surface area contributed by atoms with E-state index in [1.807, 2.05) is 6.92 Å². The Morgan fingerprint density at radius 3 is 2.58 bits per heavy atom. The van der Waals surface area contributed by atoms with Crippen molar-refractivity contribution in [3.8, 4) is 0 Å². The predicted molar refractivity (Wildman–Crippen MR) is 115 cm³/mol. The van der Waals surface area contributed by atoms with Gasteiger partial charge < -0.3 is 20.1 Å². The molecule has 0 aromatic carbocycles. The topological polar surface area (TPSA) is 104 Å². The van der Waals surface area contributed by atoms with Crippen LogP contribution in [0.15, 0.2) is 34.9 Å². The van der Waals surface area contributed by atoms with Crippen LogP contribution in [-0.4, -0.2) is 51.5 Å². The second-order valence-corrected chi connectivity index (χ2v) is 10.6. The van der Waals surface area contributed by atoms with Gasteiger partial charge in [0.2, 0.25) is 0 Å². The van der Waals surface area contributed by atoms with E-state index >= 15 is 0 Å². The van der Waals surface area contributed by atoms with Gasteiger partial charge in [-0.2, -0.15) is 0 Å². The highest BCUT2D eigenvalue weighted by molar-refractivity contribution is 5.96. The fraction of sp³-hybridized carbons (Fsp3) is 0.680. The molecular formula is C25H34O6. The quantitative estimate of drug-likeness (QED) is 0.361. The summed E-state index contributed by atoms with van der Waals surface area (Å²) < 4.78 is 5.72. The molecule has 0 aromatic rings. The van der Waals surface area contributed by atoms with Gasteiger partial charge in [-0.3, -0.25) is 4.79 Å². The summed E-state index contributed by atoms with van der Waals surface area (Å²) in [7, 11) is 0. The Kier molecular flexibility index (Phi) is 4.97. The second kappa shape index (κ2) is 6.87. The lowest BCUT2D eigenvalue weighted by Crippen LogP contribution is -2.65. The minimum Gasteiger partial charge on any atom is -0.451 e. The lowest BCUT2D eigenvalue weighted by atomic mass is 9.59. The first kappa shape index (κ1) is 22.4. The van der Waals surface area contributed by atoms with Gasteiger partial charge in [0.15, 0.2) is 17.5 Å². The molecule has 1 unspecified atom stereocenters. The molecule has 4 rings (SSSR count). The Balaban J connectivity index is 1.91. The Hall–Kier alpha value is -1.76. The van der Waals surface area contributed by atoms with Crippen molar-refractivity contribution in [2.45, 2.75) is 65.8 Å². The van der Waals surface area contributed by atoms with Crippen LogP contribution < -0.4 is 0 Å². The lowest BCUT2D eigenvalue weighted by Gasteiger charge is -2.48. The zero-order valence-electron chi connectivity index (χ0n) is 19.2. The van der Waals surface area contributed by atoms with Crippen molar-refractivity contribution in [1.82, 2.24) is 0 Å². The van der Waals surface area contributed by atoms with E-state index in [1.165, 1.54) is 0 Å². The summed E-state index contributed by atoms with van der Waals surface area (Å²) in [5.41, 5.74) is -2.36. The summed E-state index contributed by atoms with van der Waals surface area (Å²) in [6.45, 7) is 10.8. The fourth-order valence-electron chi connectivity index (χ4n) is 6.91. The number of Topliss-reactive ketones (excluding diaryl/α,β-unsaturated/α-hetero) is 1. The normalized spacial score (nSPS) is 45.6. The molecule has 6 heteroatoms. The standard InChI is InChI=1S/C25H34O6/c1-7-12(2)22(29)31-21-13(3)10-24-14(4)8-17-18(23(17,5)6)16(20(24)28)9-15(11-26)19(27)25(21,24)30/h7,9-10,14,16-19,21,26-27,30H,8,11H2,1-6H3/b12-7-/t14?,16-,17+,18-,19+,21-,24-,25-/m0/s1. The van der Waals surface area contributed by atoms with Crippen molar-refractivity contribution in [1.29, 1.82) is 0 Å². The molecule has 4 aliphatic rings. The first-order valence-corrected chi connectivity index (χ1v) is 11.2. The van der Waals surface area contributed by atoms with Crippen molar-refractivity contribution in [3.05, 3.63) is 34.9 Å². The molecule has 0 saturated heterocycles. The maximum absolute atomic E-state index is 14.2. The van der Waals surface area contributed by atoms with Gasteiger partial charge in [-0.05, 0) is 61.5 Å². The number of allylic oxidation sites excluding steroid dienone is 2. The fourth-order valence-corrected chi connectivity index (χ4v) is 6.91. The lowest BCUT2D eigenvalue weighted by molar-refractivity contribution is -0.201. The predicted octanol–water partition coefficient (Wildman–Crippen LogP) is 2.33. The molecule has 2 saturated carbocycles. The molecule has 0 aromatic heterocycles. The molecule has 170 valence electrons. The van der Waals surface area contributed by atoms with Gasteiger partial charge in [0.05, 0.1) is 12.0 Å². The van der Waals surface area contributed by atoms with Gasteiger partial charge in [-0.15, -0.1) is 0 Å². The van der Waals surface area contributed by atoms with E-state index in [-0.39, 0.29) is 28.6 Å². The minimum absolute atomic E-state index is 0.0209. The first-order chi connectivity index (χ1) is 14.4. The van der Waals surface area contributed by atoms with Crippen molar-refractivity contribution in [2.75, 3.05) is 6.61 Å². The van der Waals surface area contributed by atoms with E-state index in [2.05, 4.69) is 13.8 Å². The number of ether oxygens (including phenoxy) is 1. The second-order valence-electron chi connectivity index (χ2n) is 10.6. The zero-order valence-corrected chi connectivity index (χ0v) is 19.2. The van der Waals surface area contributed by atoms with Gasteiger partial charge >= 0.3 is 5.97 Å². The number of fused-ring (bicyclic) bond motifs is 3. The molecule has 4 aliphatic carbocycles. The van der Waals surface area contributed by atoms with Gasteiger partial charge in [0.25, 0.3) is 0 Å². The summed E-state index contributed by atoms with van der Waals surface area (Å²) >= 11 is 0. The molecule has 3 N–H and O–H groups in total. The minimum atomic E-state index is -2.08. The van der Waals surface area contributed by atoms with Gasteiger partial charge in [-0.1, -0.05) is 39.0 Å². The number of hydrogen-bond acceptors (Lipinski definition) is 6. The highest BCUT2D eigenvalue weighted by Crippen LogP contribution is 2.71. The molecule has 31 heavy (non-hydrogen) atoms. The molecule has 2 bridgehead atoms. The van der Waals surface area contributed by atoms with Crippen molar-refractivity contribution < 1.29 is 29.6 Å². The van der Waals surface area contributed by atoms with Gasteiger partial charge in [0.1, 0.15) is 6.10 Å². The smallest absolute Gasteiger partial charge is 0.334 e. The van der Waals surface area contributed by atoms with Crippen LogP contribution in [0.5, 0.6) is 0 Å². The van der Waals surface area contributed by atoms with Crippen LogP contribution >= 0.6 is 0 Å². The van der Waals surface area contributed by atoms with Crippen LogP contribution in [0.1, 0.15) is 48.0 Å². The Morgan fingerprint density at radius 1 is 1.35 bits per heavy atom. The summed E-state index contributed by atoms with van der Waals surface area (Å²) in [6, 6.07) is 0. The molecule has 0 amide bonds. The maximum Gasteiger partial charge on any atom is 0.334 e. The van der Waals surface area contributed by atoms with Gasteiger partial charge in [-0.25, -0.2) is 4.79 Å². The van der Waals surface area contributed by atoms with Crippen LogP contribution in [0, 0.1) is 34.5 Å². The molecule has 0 aliphatic heterocycles. The van der Waals surface area contributed by atoms with Crippen LogP contribution in [0.4, 0.5) is 0 Å². The van der Waals surface area contributed by atoms with Crippen molar-refractivity contribution in [3.63, 3.8) is 0 Å². The third kappa shape index (κ3) is 2.61. The largest absolute Gasteiger partial charge is 0.451 e. The number of hydrogen-bond donors (Lipinski definition) is 3. The van der Waals surface area contributed by atoms with Crippen LogP contribution in [0.25, 0.3) is 0 Å². The van der Waals surface area contributed by atoms with Gasteiger partial charge in [0, 0.05) is 11.5 Å². The third-order valence-corrected chi connectivity index (χ3v) is 8.88. The molecule has 0 radical (unpaired) electrons.